The molecule has 6 heteroatoms. The molecule has 2 atom stereocenters. The van der Waals surface area contributed by atoms with Crippen molar-refractivity contribution in [2.75, 3.05) is 13.2 Å². The Morgan fingerprint density at radius 1 is 0.424 bits per heavy atom. The Labute approximate surface area is 410 Å². The number of ether oxygens (including phenoxy) is 1. The molecule has 1 amide bonds. The summed E-state index contributed by atoms with van der Waals surface area (Å²) in [4.78, 5) is 24.5. The highest BCUT2D eigenvalue weighted by atomic mass is 16.5. The van der Waals surface area contributed by atoms with Crippen molar-refractivity contribution in [3.63, 3.8) is 0 Å². The van der Waals surface area contributed by atoms with E-state index in [0.29, 0.717) is 19.4 Å². The van der Waals surface area contributed by atoms with E-state index >= 15 is 0 Å². The largest absolute Gasteiger partial charge is 0.466 e. The lowest BCUT2D eigenvalue weighted by Gasteiger charge is -2.20. The van der Waals surface area contributed by atoms with Crippen molar-refractivity contribution in [1.82, 2.24) is 5.32 Å². The average Bonchev–Trinajstić information content (AvgIpc) is 3.32. The second kappa shape index (κ2) is 55.4. The maximum absolute atomic E-state index is 12.5. The Bertz CT molecular complexity index is 1110. The van der Waals surface area contributed by atoms with Gasteiger partial charge in [0.15, 0.2) is 0 Å². The van der Waals surface area contributed by atoms with Crippen LogP contribution in [0.25, 0.3) is 0 Å². The zero-order valence-electron chi connectivity index (χ0n) is 43.9. The molecule has 0 radical (unpaired) electrons. The number of esters is 1. The van der Waals surface area contributed by atoms with Crippen LogP contribution in [-0.2, 0) is 14.3 Å². The van der Waals surface area contributed by atoms with Gasteiger partial charge >= 0.3 is 5.97 Å². The number of carbonyl (C=O) groups excluding carboxylic acids is 2. The van der Waals surface area contributed by atoms with Gasteiger partial charge in [0.1, 0.15) is 0 Å². The molecule has 0 saturated heterocycles. The van der Waals surface area contributed by atoms with Gasteiger partial charge in [-0.1, -0.05) is 236 Å². The maximum atomic E-state index is 12.5. The zero-order valence-corrected chi connectivity index (χ0v) is 43.9. The molecule has 0 aliphatic rings. The summed E-state index contributed by atoms with van der Waals surface area (Å²) in [7, 11) is 0. The minimum absolute atomic E-state index is 0.0319. The molecule has 0 aliphatic carbocycles. The molecule has 0 fully saturated rings. The summed E-state index contributed by atoms with van der Waals surface area (Å²) < 4.78 is 5.46. The van der Waals surface area contributed by atoms with E-state index in [9.17, 15) is 19.8 Å². The number of rotatable bonds is 53. The van der Waals surface area contributed by atoms with Crippen LogP contribution < -0.4 is 5.32 Å². The quantitative estimate of drug-likeness (QED) is 0.0321. The Kier molecular flexibility index (Phi) is 53.6. The van der Waals surface area contributed by atoms with Gasteiger partial charge in [0.2, 0.25) is 5.91 Å². The smallest absolute Gasteiger partial charge is 0.305 e. The number of amides is 1. The van der Waals surface area contributed by atoms with Gasteiger partial charge in [-0.15, -0.1) is 0 Å². The molecule has 0 spiro atoms. The second-order valence-corrected chi connectivity index (χ2v) is 19.6. The fourth-order valence-corrected chi connectivity index (χ4v) is 8.60. The molecule has 0 bridgehead atoms. The fraction of sp³-hybridized carbons (Fsp3) is 0.833. The summed E-state index contributed by atoms with van der Waals surface area (Å²) in [6.45, 7) is 4.83. The normalized spacial score (nSPS) is 13.0. The first-order chi connectivity index (χ1) is 32.5. The number of aliphatic hydroxyl groups is 2. The Balaban J connectivity index is 3.54. The van der Waals surface area contributed by atoms with Crippen molar-refractivity contribution in [1.29, 1.82) is 0 Å². The average molecular weight is 927 g/mol. The van der Waals surface area contributed by atoms with Crippen molar-refractivity contribution >= 4 is 11.9 Å². The molecule has 0 saturated carbocycles. The van der Waals surface area contributed by atoms with Crippen molar-refractivity contribution in [3.05, 3.63) is 48.6 Å². The van der Waals surface area contributed by atoms with Gasteiger partial charge in [-0.3, -0.25) is 9.59 Å². The van der Waals surface area contributed by atoms with E-state index in [4.69, 9.17) is 4.74 Å². The van der Waals surface area contributed by atoms with Gasteiger partial charge in [-0.2, -0.15) is 0 Å². The minimum atomic E-state index is -0.863. The molecule has 0 aromatic carbocycles. The first kappa shape index (κ1) is 63.8. The maximum Gasteiger partial charge on any atom is 0.305 e. The third-order valence-electron chi connectivity index (χ3n) is 13.1. The number of carbonyl (C=O) groups is 2. The van der Waals surface area contributed by atoms with Gasteiger partial charge in [0, 0.05) is 12.8 Å². The second-order valence-electron chi connectivity index (χ2n) is 19.6. The predicted octanol–water partition coefficient (Wildman–Crippen LogP) is 17.8. The molecule has 0 aromatic heterocycles. The van der Waals surface area contributed by atoms with Crippen LogP contribution in [0.5, 0.6) is 0 Å². The van der Waals surface area contributed by atoms with E-state index in [1.807, 2.05) is 6.08 Å². The van der Waals surface area contributed by atoms with Gasteiger partial charge in [0.05, 0.1) is 25.4 Å². The SMILES string of the molecule is CCCCCC/C=C\C/C=C\CCCCCCCCCC(=O)OCCCCC/C=C\CCCCCCCC(=O)NC(CO)C(O)/C=C/CCCCCCCCCCCCCCCCCCC. The summed E-state index contributed by atoms with van der Waals surface area (Å²) >= 11 is 0. The third-order valence-corrected chi connectivity index (χ3v) is 13.1. The van der Waals surface area contributed by atoms with Crippen LogP contribution >= 0.6 is 0 Å². The van der Waals surface area contributed by atoms with Crippen LogP contribution in [0.1, 0.15) is 296 Å². The summed E-state index contributed by atoms with van der Waals surface area (Å²) in [5, 5.41) is 23.1. The van der Waals surface area contributed by atoms with Gasteiger partial charge in [-0.25, -0.2) is 0 Å². The Morgan fingerprint density at radius 2 is 0.758 bits per heavy atom. The van der Waals surface area contributed by atoms with E-state index < -0.39 is 12.1 Å². The molecule has 0 rings (SSSR count). The lowest BCUT2D eigenvalue weighted by atomic mass is 10.0. The molecule has 0 heterocycles. The molecule has 3 N–H and O–H groups in total. The Hall–Kier alpha value is -2.18. The van der Waals surface area contributed by atoms with E-state index in [-0.39, 0.29) is 18.5 Å². The highest BCUT2D eigenvalue weighted by molar-refractivity contribution is 5.76. The summed E-state index contributed by atoms with van der Waals surface area (Å²) in [5.41, 5.74) is 0. The number of hydrogen-bond donors (Lipinski definition) is 3. The van der Waals surface area contributed by atoms with Crippen LogP contribution in [-0.4, -0.2) is 47.4 Å². The van der Waals surface area contributed by atoms with Crippen LogP contribution in [0, 0.1) is 0 Å². The standard InChI is InChI=1S/C60H111NO5/c1-3-5-7-9-11-13-15-17-19-21-23-24-26-28-32-36-40-44-48-52-58(63)57(56-62)61-59(64)53-49-45-41-37-33-30-31-35-39-43-47-51-55-66-60(65)54-50-46-42-38-34-29-27-25-22-20-18-16-14-12-10-8-6-4-2/h14,16,20,22,31,35,48,52,57-58,62-63H,3-13,15,17-19,21,23-30,32-34,36-47,49-51,53-56H2,1-2H3,(H,61,64)/b16-14-,22-20-,35-31-,52-48+. The highest BCUT2D eigenvalue weighted by Gasteiger charge is 2.18. The first-order valence-corrected chi connectivity index (χ1v) is 28.9. The summed E-state index contributed by atoms with van der Waals surface area (Å²) in [5.74, 6) is -0.125. The van der Waals surface area contributed by atoms with Crippen LogP contribution in [0.3, 0.4) is 0 Å². The van der Waals surface area contributed by atoms with E-state index in [0.717, 1.165) is 89.9 Å². The Morgan fingerprint density at radius 3 is 1.18 bits per heavy atom. The molecule has 0 aliphatic heterocycles. The van der Waals surface area contributed by atoms with E-state index in [1.54, 1.807) is 6.08 Å². The van der Waals surface area contributed by atoms with Crippen LogP contribution in [0.15, 0.2) is 48.6 Å². The summed E-state index contributed by atoms with van der Waals surface area (Å²) in [6.07, 6.45) is 69.8. The van der Waals surface area contributed by atoms with Crippen molar-refractivity contribution in [2.24, 2.45) is 0 Å². The molecular weight excluding hydrogens is 815 g/mol. The van der Waals surface area contributed by atoms with Gasteiger partial charge < -0.3 is 20.3 Å². The third kappa shape index (κ3) is 51.2. The van der Waals surface area contributed by atoms with Crippen molar-refractivity contribution in [3.8, 4) is 0 Å². The highest BCUT2D eigenvalue weighted by Crippen LogP contribution is 2.16. The first-order valence-electron chi connectivity index (χ1n) is 28.9. The predicted molar refractivity (Wildman–Crippen MR) is 287 cm³/mol. The number of aliphatic hydroxyl groups excluding tert-OH is 2. The molecule has 2 unspecified atom stereocenters. The molecule has 0 aromatic rings. The number of unbranched alkanes of at least 4 members (excludes halogenated alkanes) is 36. The topological polar surface area (TPSA) is 95.9 Å². The molecule has 6 nitrogen and oxygen atoms in total. The molecule has 386 valence electrons. The number of hydrogen-bond acceptors (Lipinski definition) is 5. The number of nitrogens with one attached hydrogen (secondary N) is 1. The monoisotopic (exact) mass is 926 g/mol. The molecular formula is C60H111NO5. The van der Waals surface area contributed by atoms with Gasteiger partial charge in [0.25, 0.3) is 0 Å². The van der Waals surface area contributed by atoms with Crippen molar-refractivity contribution in [2.45, 2.75) is 309 Å². The lowest BCUT2D eigenvalue weighted by Crippen LogP contribution is -2.45. The van der Waals surface area contributed by atoms with Crippen LogP contribution in [0.4, 0.5) is 0 Å². The zero-order chi connectivity index (χ0) is 47.9. The fourth-order valence-electron chi connectivity index (χ4n) is 8.60. The summed E-state index contributed by atoms with van der Waals surface area (Å²) in [6, 6.07) is -0.649. The van der Waals surface area contributed by atoms with Crippen LogP contribution in [0.2, 0.25) is 0 Å². The van der Waals surface area contributed by atoms with Gasteiger partial charge in [-0.05, 0) is 96.3 Å². The molecule has 66 heavy (non-hydrogen) atoms. The lowest BCUT2D eigenvalue weighted by molar-refractivity contribution is -0.143. The van der Waals surface area contributed by atoms with E-state index in [1.165, 1.54) is 180 Å². The number of allylic oxidation sites excluding steroid dienone is 7. The van der Waals surface area contributed by atoms with Crippen molar-refractivity contribution < 1.29 is 24.5 Å². The van der Waals surface area contributed by atoms with E-state index in [2.05, 4.69) is 55.6 Å². The minimum Gasteiger partial charge on any atom is -0.466 e.